The molecule has 35 heavy (non-hydrogen) atoms. The van der Waals surface area contributed by atoms with Gasteiger partial charge in [-0.15, -0.1) is 0 Å². The molecule has 0 bridgehead atoms. The van der Waals surface area contributed by atoms with Crippen molar-refractivity contribution in [2.45, 2.75) is 29.2 Å². The number of aliphatic carboxylic acids is 1. The van der Waals surface area contributed by atoms with Gasteiger partial charge in [0.2, 0.25) is 0 Å². The molecule has 1 aliphatic rings. The molecule has 0 radical (unpaired) electrons. The van der Waals surface area contributed by atoms with Crippen molar-refractivity contribution in [1.29, 1.82) is 0 Å². The van der Waals surface area contributed by atoms with Crippen molar-refractivity contribution in [2.24, 2.45) is 0 Å². The quantitative estimate of drug-likeness (QED) is 0.334. The molecule has 0 amide bonds. The molecule has 0 unspecified atom stereocenters. The molecule has 1 saturated heterocycles. The Kier molecular flexibility index (Phi) is 9.49. The van der Waals surface area contributed by atoms with Gasteiger partial charge in [0, 0.05) is 54.1 Å². The molecule has 3 aromatic carbocycles. The molecule has 0 atom stereocenters. The van der Waals surface area contributed by atoms with Crippen LogP contribution in [-0.2, 0) is 17.8 Å². The molecule has 4 rings (SSSR count). The number of carboxylic acids is 1. The maximum Gasteiger partial charge on any atom is 0.307 e. The minimum absolute atomic E-state index is 0.0295. The monoisotopic (exact) mass is 510 g/mol. The molecule has 1 fully saturated rings. The molecule has 1 heterocycles. The summed E-state index contributed by atoms with van der Waals surface area (Å²) in [6.45, 7) is 7.05. The fraction of sp³-hybridized carbons (Fsp3) is 0.321. The lowest BCUT2D eigenvalue weighted by Gasteiger charge is -2.34. The van der Waals surface area contributed by atoms with Crippen LogP contribution < -0.4 is 4.74 Å². The SMILES string of the molecule is O=C(O)Cc1ccccc1Sc1ccc(OCCCN2CCN(Cc3ccc(Cl)cc3)CC2)cc1. The standard InChI is InChI=1S/C28H31ClN2O3S/c29-24-8-6-22(7-9-24)21-31-17-15-30(16-18-31)14-3-19-34-25-10-12-26(13-11-25)35-27-5-2-1-4-23(27)20-28(32)33/h1-2,4-13H,3,14-21H2,(H,32,33). The highest BCUT2D eigenvalue weighted by molar-refractivity contribution is 7.99. The molecule has 5 nitrogen and oxygen atoms in total. The van der Waals surface area contributed by atoms with Gasteiger partial charge in [0.1, 0.15) is 5.75 Å². The van der Waals surface area contributed by atoms with Crippen LogP contribution in [0, 0.1) is 0 Å². The summed E-state index contributed by atoms with van der Waals surface area (Å²) in [4.78, 5) is 18.1. The van der Waals surface area contributed by atoms with E-state index in [1.165, 1.54) is 5.56 Å². The number of ether oxygens (including phenoxy) is 1. The van der Waals surface area contributed by atoms with Crippen LogP contribution in [0.15, 0.2) is 82.6 Å². The zero-order chi connectivity index (χ0) is 24.5. The summed E-state index contributed by atoms with van der Waals surface area (Å²) in [5, 5.41) is 9.91. The lowest BCUT2D eigenvalue weighted by atomic mass is 10.1. The van der Waals surface area contributed by atoms with Crippen molar-refractivity contribution in [3.8, 4) is 5.75 Å². The Morgan fingerprint density at radius 2 is 1.60 bits per heavy atom. The van der Waals surface area contributed by atoms with Crippen LogP contribution in [-0.4, -0.2) is 60.2 Å². The van der Waals surface area contributed by atoms with Crippen molar-refractivity contribution < 1.29 is 14.6 Å². The largest absolute Gasteiger partial charge is 0.494 e. The van der Waals surface area contributed by atoms with E-state index in [1.807, 2.05) is 60.7 Å². The highest BCUT2D eigenvalue weighted by atomic mass is 35.5. The predicted molar refractivity (Wildman–Crippen MR) is 142 cm³/mol. The zero-order valence-corrected chi connectivity index (χ0v) is 21.3. The Hall–Kier alpha value is -2.51. The number of hydrogen-bond donors (Lipinski definition) is 1. The number of carbonyl (C=O) groups is 1. The maximum absolute atomic E-state index is 11.1. The second kappa shape index (κ2) is 13.0. The van der Waals surface area contributed by atoms with Crippen LogP contribution in [0.2, 0.25) is 5.02 Å². The van der Waals surface area contributed by atoms with Gasteiger partial charge in [-0.05, 0) is 60.0 Å². The van der Waals surface area contributed by atoms with E-state index < -0.39 is 5.97 Å². The minimum atomic E-state index is -0.818. The van der Waals surface area contributed by atoms with Gasteiger partial charge in [-0.3, -0.25) is 9.69 Å². The molecule has 7 heteroatoms. The number of carboxylic acid groups (broad SMARTS) is 1. The van der Waals surface area contributed by atoms with Crippen molar-refractivity contribution in [1.82, 2.24) is 9.80 Å². The van der Waals surface area contributed by atoms with Crippen molar-refractivity contribution >= 4 is 29.3 Å². The lowest BCUT2D eigenvalue weighted by Crippen LogP contribution is -2.46. The normalized spacial score (nSPS) is 14.7. The summed E-state index contributed by atoms with van der Waals surface area (Å²) in [7, 11) is 0. The highest BCUT2D eigenvalue weighted by Crippen LogP contribution is 2.31. The number of benzene rings is 3. The van der Waals surface area contributed by atoms with Gasteiger partial charge < -0.3 is 14.7 Å². The van der Waals surface area contributed by atoms with Crippen LogP contribution >= 0.6 is 23.4 Å². The molecule has 1 aliphatic heterocycles. The molecular formula is C28H31ClN2O3S. The van der Waals surface area contributed by atoms with Crippen molar-refractivity contribution in [2.75, 3.05) is 39.3 Å². The van der Waals surface area contributed by atoms with Gasteiger partial charge in [0.15, 0.2) is 0 Å². The molecule has 0 spiro atoms. The lowest BCUT2D eigenvalue weighted by molar-refractivity contribution is -0.136. The fourth-order valence-electron chi connectivity index (χ4n) is 4.14. The first kappa shape index (κ1) is 25.6. The van der Waals surface area contributed by atoms with E-state index in [1.54, 1.807) is 11.8 Å². The van der Waals surface area contributed by atoms with Gasteiger partial charge in [-0.2, -0.15) is 0 Å². The number of hydrogen-bond acceptors (Lipinski definition) is 5. The van der Waals surface area contributed by atoms with Crippen LogP contribution in [0.25, 0.3) is 0 Å². The predicted octanol–water partition coefficient (Wildman–Crippen LogP) is 5.71. The summed E-state index contributed by atoms with van der Waals surface area (Å²) in [6, 6.07) is 23.8. The minimum Gasteiger partial charge on any atom is -0.494 e. The van der Waals surface area contributed by atoms with Crippen LogP contribution in [0.5, 0.6) is 5.75 Å². The molecule has 3 aromatic rings. The zero-order valence-electron chi connectivity index (χ0n) is 19.7. The number of piperazine rings is 1. The Morgan fingerprint density at radius 3 is 2.31 bits per heavy atom. The van der Waals surface area contributed by atoms with E-state index >= 15 is 0 Å². The van der Waals surface area contributed by atoms with Gasteiger partial charge in [-0.25, -0.2) is 0 Å². The maximum atomic E-state index is 11.1. The highest BCUT2D eigenvalue weighted by Gasteiger charge is 2.16. The Labute approximate surface area is 216 Å². The number of halogens is 1. The summed E-state index contributed by atoms with van der Waals surface area (Å²) in [6.07, 6.45) is 1.03. The van der Waals surface area contributed by atoms with Gasteiger partial charge in [0.25, 0.3) is 0 Å². The van der Waals surface area contributed by atoms with E-state index in [0.29, 0.717) is 6.61 Å². The third-order valence-electron chi connectivity index (χ3n) is 6.04. The molecule has 0 aliphatic carbocycles. The van der Waals surface area contributed by atoms with Crippen LogP contribution in [0.3, 0.4) is 0 Å². The van der Waals surface area contributed by atoms with Crippen molar-refractivity contribution in [3.05, 3.63) is 88.9 Å². The van der Waals surface area contributed by atoms with Gasteiger partial charge in [-0.1, -0.05) is 53.7 Å². The van der Waals surface area contributed by atoms with Crippen LogP contribution in [0.1, 0.15) is 17.5 Å². The molecular weight excluding hydrogens is 480 g/mol. The van der Waals surface area contributed by atoms with Crippen LogP contribution in [0.4, 0.5) is 0 Å². The second-order valence-electron chi connectivity index (χ2n) is 8.70. The number of rotatable bonds is 11. The molecule has 0 aromatic heterocycles. The second-order valence-corrected chi connectivity index (χ2v) is 10.2. The third-order valence-corrected chi connectivity index (χ3v) is 7.42. The first-order chi connectivity index (χ1) is 17.0. The Morgan fingerprint density at radius 1 is 0.914 bits per heavy atom. The molecule has 184 valence electrons. The first-order valence-electron chi connectivity index (χ1n) is 11.9. The van der Waals surface area contributed by atoms with Gasteiger partial charge in [0.05, 0.1) is 13.0 Å². The first-order valence-corrected chi connectivity index (χ1v) is 13.1. The summed E-state index contributed by atoms with van der Waals surface area (Å²) < 4.78 is 5.95. The third kappa shape index (κ3) is 8.29. The summed E-state index contributed by atoms with van der Waals surface area (Å²) in [5.74, 6) is 0.0440. The van der Waals surface area contributed by atoms with E-state index in [0.717, 1.165) is 71.8 Å². The Bertz CT molecular complexity index is 1080. The molecule has 1 N–H and O–H groups in total. The Balaban J connectivity index is 1.14. The smallest absolute Gasteiger partial charge is 0.307 e. The van der Waals surface area contributed by atoms with E-state index in [2.05, 4.69) is 21.9 Å². The fourth-order valence-corrected chi connectivity index (χ4v) is 5.21. The van der Waals surface area contributed by atoms with Crippen molar-refractivity contribution in [3.63, 3.8) is 0 Å². The van der Waals surface area contributed by atoms with Gasteiger partial charge >= 0.3 is 5.97 Å². The summed E-state index contributed by atoms with van der Waals surface area (Å²) >= 11 is 7.56. The van der Waals surface area contributed by atoms with E-state index in [4.69, 9.17) is 21.4 Å². The van der Waals surface area contributed by atoms with E-state index in [-0.39, 0.29) is 6.42 Å². The number of nitrogens with zero attached hydrogens (tertiary/aromatic N) is 2. The summed E-state index contributed by atoms with van der Waals surface area (Å²) in [5.41, 5.74) is 2.14. The topological polar surface area (TPSA) is 53.0 Å². The average molecular weight is 511 g/mol. The van der Waals surface area contributed by atoms with E-state index in [9.17, 15) is 4.79 Å². The molecule has 0 saturated carbocycles. The average Bonchev–Trinajstić information content (AvgIpc) is 2.86.